The molecule has 0 unspecified atom stereocenters. The van der Waals surface area contributed by atoms with Crippen LogP contribution in [0.1, 0.15) is 59.9 Å². The Kier molecular flexibility index (Phi) is 6.12. The Morgan fingerprint density at radius 1 is 0.714 bits per heavy atom. The van der Waals surface area contributed by atoms with E-state index in [-0.39, 0.29) is 0 Å². The average Bonchev–Trinajstić information content (AvgIpc) is 2.24. The van der Waals surface area contributed by atoms with Crippen LogP contribution in [0.2, 0.25) is 0 Å². The van der Waals surface area contributed by atoms with Crippen LogP contribution in [0.3, 0.4) is 0 Å². The van der Waals surface area contributed by atoms with Crippen molar-refractivity contribution in [2.24, 2.45) is 10.8 Å². The number of ether oxygens (including phenoxy) is 2. The molecule has 1 aromatic rings. The Morgan fingerprint density at radius 2 is 1.10 bits per heavy atom. The summed E-state index contributed by atoms with van der Waals surface area (Å²) in [6.07, 6.45) is 2.09. The third kappa shape index (κ3) is 8.64. The molecule has 0 saturated heterocycles. The Bertz CT molecular complexity index is 398. The second-order valence-corrected chi connectivity index (χ2v) is 8.30. The number of hydrogen-bond acceptors (Lipinski definition) is 2. The standard InChI is InChI=1S/C19H32O2/c1-15-12-16(20-10-8-18(2,3)4)14-17(13-15)21-11-9-19(5,6)7/h12-14H,8-11H2,1-7H3. The fourth-order valence-electron chi connectivity index (χ4n) is 1.83. The van der Waals surface area contributed by atoms with Crippen molar-refractivity contribution in [2.45, 2.75) is 61.3 Å². The maximum atomic E-state index is 5.87. The van der Waals surface area contributed by atoms with E-state index < -0.39 is 0 Å². The van der Waals surface area contributed by atoms with Crippen molar-refractivity contribution >= 4 is 0 Å². The normalized spacial score (nSPS) is 12.3. The van der Waals surface area contributed by atoms with E-state index in [4.69, 9.17) is 9.47 Å². The smallest absolute Gasteiger partial charge is 0.123 e. The summed E-state index contributed by atoms with van der Waals surface area (Å²) in [5.74, 6) is 1.81. The number of hydrogen-bond donors (Lipinski definition) is 0. The predicted molar refractivity (Wildman–Crippen MR) is 90.3 cm³/mol. The summed E-state index contributed by atoms with van der Waals surface area (Å²) in [6, 6.07) is 6.14. The lowest BCUT2D eigenvalue weighted by molar-refractivity contribution is 0.234. The zero-order chi connectivity index (χ0) is 16.1. The van der Waals surface area contributed by atoms with Crippen molar-refractivity contribution in [1.29, 1.82) is 0 Å². The van der Waals surface area contributed by atoms with Crippen molar-refractivity contribution in [2.75, 3.05) is 13.2 Å². The first-order valence-corrected chi connectivity index (χ1v) is 7.92. The number of aryl methyl sites for hydroxylation is 1. The largest absolute Gasteiger partial charge is 0.493 e. The Hall–Kier alpha value is -1.18. The van der Waals surface area contributed by atoms with Gasteiger partial charge in [-0.15, -0.1) is 0 Å². The fraction of sp³-hybridized carbons (Fsp3) is 0.684. The van der Waals surface area contributed by atoms with Gasteiger partial charge in [-0.3, -0.25) is 0 Å². The quantitative estimate of drug-likeness (QED) is 0.677. The van der Waals surface area contributed by atoms with E-state index in [1.165, 1.54) is 5.56 Å². The lowest BCUT2D eigenvalue weighted by atomic mass is 9.93. The van der Waals surface area contributed by atoms with Gasteiger partial charge in [-0.1, -0.05) is 41.5 Å². The molecule has 0 aliphatic heterocycles. The van der Waals surface area contributed by atoms with Crippen LogP contribution in [0.25, 0.3) is 0 Å². The van der Waals surface area contributed by atoms with Gasteiger partial charge < -0.3 is 9.47 Å². The van der Waals surface area contributed by atoms with Gasteiger partial charge in [-0.05, 0) is 48.3 Å². The molecule has 1 aromatic carbocycles. The van der Waals surface area contributed by atoms with E-state index in [1.807, 2.05) is 6.07 Å². The van der Waals surface area contributed by atoms with Gasteiger partial charge in [-0.2, -0.15) is 0 Å². The molecule has 21 heavy (non-hydrogen) atoms. The summed E-state index contributed by atoms with van der Waals surface area (Å²) in [5, 5.41) is 0. The van der Waals surface area contributed by atoms with Gasteiger partial charge in [0.05, 0.1) is 13.2 Å². The van der Waals surface area contributed by atoms with Crippen LogP contribution in [0.4, 0.5) is 0 Å². The molecule has 0 amide bonds. The highest BCUT2D eigenvalue weighted by Gasteiger charge is 2.12. The minimum atomic E-state index is 0.301. The summed E-state index contributed by atoms with van der Waals surface area (Å²) in [4.78, 5) is 0. The van der Waals surface area contributed by atoms with Gasteiger partial charge >= 0.3 is 0 Å². The zero-order valence-corrected chi connectivity index (χ0v) is 14.9. The summed E-state index contributed by atoms with van der Waals surface area (Å²) in [5.41, 5.74) is 1.78. The van der Waals surface area contributed by atoms with Gasteiger partial charge in [0, 0.05) is 6.07 Å². The maximum Gasteiger partial charge on any atom is 0.123 e. The molecule has 0 fully saturated rings. The van der Waals surface area contributed by atoms with E-state index in [0.29, 0.717) is 10.8 Å². The molecule has 0 spiro atoms. The highest BCUT2D eigenvalue weighted by atomic mass is 16.5. The zero-order valence-electron chi connectivity index (χ0n) is 14.9. The molecule has 0 aliphatic rings. The third-order valence-electron chi connectivity index (χ3n) is 3.27. The minimum absolute atomic E-state index is 0.301. The van der Waals surface area contributed by atoms with Crippen LogP contribution >= 0.6 is 0 Å². The molecular formula is C19H32O2. The van der Waals surface area contributed by atoms with Gasteiger partial charge in [0.15, 0.2) is 0 Å². The molecule has 0 bridgehead atoms. The Labute approximate surface area is 130 Å². The Balaban J connectivity index is 2.55. The molecule has 0 N–H and O–H groups in total. The van der Waals surface area contributed by atoms with Gasteiger partial charge in [0.2, 0.25) is 0 Å². The topological polar surface area (TPSA) is 18.5 Å². The van der Waals surface area contributed by atoms with Crippen molar-refractivity contribution in [3.63, 3.8) is 0 Å². The third-order valence-corrected chi connectivity index (χ3v) is 3.27. The van der Waals surface area contributed by atoms with Crippen LogP contribution in [-0.4, -0.2) is 13.2 Å². The molecule has 2 nitrogen and oxygen atoms in total. The maximum absolute atomic E-state index is 5.87. The van der Waals surface area contributed by atoms with Crippen LogP contribution < -0.4 is 9.47 Å². The lowest BCUT2D eigenvalue weighted by Gasteiger charge is -2.19. The fourth-order valence-corrected chi connectivity index (χ4v) is 1.83. The second-order valence-electron chi connectivity index (χ2n) is 8.30. The van der Waals surface area contributed by atoms with Gasteiger partial charge in [-0.25, -0.2) is 0 Å². The molecule has 0 aliphatic carbocycles. The molecular weight excluding hydrogens is 260 g/mol. The van der Waals surface area contributed by atoms with E-state index in [1.54, 1.807) is 0 Å². The number of benzene rings is 1. The summed E-state index contributed by atoms with van der Waals surface area (Å²) in [7, 11) is 0. The lowest BCUT2D eigenvalue weighted by Crippen LogP contribution is -2.12. The van der Waals surface area contributed by atoms with Crippen LogP contribution in [0.15, 0.2) is 18.2 Å². The van der Waals surface area contributed by atoms with Gasteiger partial charge in [0.1, 0.15) is 11.5 Å². The molecule has 120 valence electrons. The van der Waals surface area contributed by atoms with Crippen LogP contribution in [-0.2, 0) is 0 Å². The van der Waals surface area contributed by atoms with Crippen molar-refractivity contribution in [1.82, 2.24) is 0 Å². The molecule has 0 atom stereocenters. The summed E-state index contributed by atoms with van der Waals surface area (Å²) in [6.45, 7) is 16.9. The molecule has 0 saturated carbocycles. The average molecular weight is 292 g/mol. The molecule has 0 radical (unpaired) electrons. The number of rotatable bonds is 6. The van der Waals surface area contributed by atoms with E-state index in [2.05, 4.69) is 60.6 Å². The highest BCUT2D eigenvalue weighted by Crippen LogP contribution is 2.26. The predicted octanol–water partition coefficient (Wildman–Crippen LogP) is 5.63. The van der Waals surface area contributed by atoms with E-state index >= 15 is 0 Å². The first kappa shape index (κ1) is 17.9. The summed E-state index contributed by atoms with van der Waals surface area (Å²) >= 11 is 0. The van der Waals surface area contributed by atoms with Gasteiger partial charge in [0.25, 0.3) is 0 Å². The first-order valence-electron chi connectivity index (χ1n) is 7.92. The Morgan fingerprint density at radius 3 is 1.43 bits per heavy atom. The van der Waals surface area contributed by atoms with Crippen LogP contribution in [0, 0.1) is 17.8 Å². The minimum Gasteiger partial charge on any atom is -0.493 e. The van der Waals surface area contributed by atoms with E-state index in [0.717, 1.165) is 37.6 Å². The molecule has 0 heterocycles. The van der Waals surface area contributed by atoms with Crippen molar-refractivity contribution < 1.29 is 9.47 Å². The SMILES string of the molecule is Cc1cc(OCCC(C)(C)C)cc(OCCC(C)(C)C)c1. The molecule has 0 aromatic heterocycles. The van der Waals surface area contributed by atoms with E-state index in [9.17, 15) is 0 Å². The molecule has 1 rings (SSSR count). The van der Waals surface area contributed by atoms with Crippen molar-refractivity contribution in [3.05, 3.63) is 23.8 Å². The second kappa shape index (κ2) is 7.20. The first-order chi connectivity index (χ1) is 9.55. The summed E-state index contributed by atoms with van der Waals surface area (Å²) < 4.78 is 11.7. The monoisotopic (exact) mass is 292 g/mol. The van der Waals surface area contributed by atoms with Crippen LogP contribution in [0.5, 0.6) is 11.5 Å². The molecule has 2 heteroatoms. The highest BCUT2D eigenvalue weighted by molar-refractivity contribution is 5.37. The van der Waals surface area contributed by atoms with Crippen molar-refractivity contribution in [3.8, 4) is 11.5 Å².